The van der Waals surface area contributed by atoms with Crippen molar-refractivity contribution in [2.24, 2.45) is 0 Å². The molecule has 0 amide bonds. The van der Waals surface area contributed by atoms with Crippen LogP contribution in [0.1, 0.15) is 5.56 Å². The molecule has 68 valence electrons. The first kappa shape index (κ1) is 8.03. The van der Waals surface area contributed by atoms with E-state index in [4.69, 9.17) is 9.62 Å². The number of aromatic amines is 1. The Labute approximate surface area is 73.0 Å². The molecule has 1 heterocycles. The highest BCUT2D eigenvalue weighted by Crippen LogP contribution is 2.14. The van der Waals surface area contributed by atoms with Crippen molar-refractivity contribution in [3.8, 4) is 0 Å². The lowest BCUT2D eigenvalue weighted by molar-refractivity contribution is 0.161. The van der Waals surface area contributed by atoms with Crippen molar-refractivity contribution in [3.05, 3.63) is 34.3 Å². The first-order chi connectivity index (χ1) is 6.31. The molecule has 0 aliphatic rings. The van der Waals surface area contributed by atoms with Gasteiger partial charge in [-0.25, -0.2) is 10.3 Å². The van der Waals surface area contributed by atoms with Crippen LogP contribution in [0.3, 0.4) is 0 Å². The minimum Gasteiger partial charge on any atom is -0.408 e. The van der Waals surface area contributed by atoms with E-state index < -0.39 is 5.76 Å². The molecule has 0 spiro atoms. The van der Waals surface area contributed by atoms with Crippen LogP contribution in [0.25, 0.3) is 11.1 Å². The molecule has 0 saturated heterocycles. The fourth-order valence-corrected chi connectivity index (χ4v) is 1.26. The Morgan fingerprint density at radius 3 is 3.15 bits per heavy atom. The summed E-state index contributed by atoms with van der Waals surface area (Å²) in [6.45, 7) is 0.271. The summed E-state index contributed by atoms with van der Waals surface area (Å²) in [5.41, 5.74) is 3.92. The molecule has 3 N–H and O–H groups in total. The maximum absolute atomic E-state index is 10.8. The second-order valence-corrected chi connectivity index (χ2v) is 2.64. The molecule has 0 bridgehead atoms. The van der Waals surface area contributed by atoms with Gasteiger partial charge >= 0.3 is 5.76 Å². The van der Waals surface area contributed by atoms with Crippen molar-refractivity contribution in [1.82, 2.24) is 10.5 Å². The number of hydroxylamine groups is 1. The zero-order valence-electron chi connectivity index (χ0n) is 6.70. The van der Waals surface area contributed by atoms with Crippen LogP contribution in [0.15, 0.2) is 27.4 Å². The summed E-state index contributed by atoms with van der Waals surface area (Å²) >= 11 is 0. The molecular formula is C8H8N2O3. The third-order valence-electron chi connectivity index (χ3n) is 1.81. The number of fused-ring (bicyclic) bond motifs is 1. The van der Waals surface area contributed by atoms with Gasteiger partial charge in [0.2, 0.25) is 0 Å². The number of benzene rings is 1. The minimum absolute atomic E-state index is 0.271. The van der Waals surface area contributed by atoms with Crippen molar-refractivity contribution < 1.29 is 9.62 Å². The summed E-state index contributed by atoms with van der Waals surface area (Å²) in [6, 6.07) is 5.23. The van der Waals surface area contributed by atoms with Gasteiger partial charge in [-0.1, -0.05) is 12.1 Å². The highest BCUT2D eigenvalue weighted by atomic mass is 16.5. The van der Waals surface area contributed by atoms with Crippen molar-refractivity contribution in [3.63, 3.8) is 0 Å². The maximum atomic E-state index is 10.8. The van der Waals surface area contributed by atoms with E-state index in [1.54, 1.807) is 18.2 Å². The van der Waals surface area contributed by atoms with Crippen LogP contribution in [-0.2, 0) is 6.54 Å². The number of aromatic nitrogens is 1. The smallest absolute Gasteiger partial charge is 0.408 e. The molecule has 0 radical (unpaired) electrons. The molecule has 0 unspecified atom stereocenters. The predicted molar refractivity (Wildman–Crippen MR) is 45.5 cm³/mol. The third-order valence-corrected chi connectivity index (χ3v) is 1.81. The average molecular weight is 180 g/mol. The van der Waals surface area contributed by atoms with E-state index in [-0.39, 0.29) is 6.54 Å². The number of para-hydroxylation sites is 1. The first-order valence-electron chi connectivity index (χ1n) is 3.79. The summed E-state index contributed by atoms with van der Waals surface area (Å²) in [5.74, 6) is -0.486. The van der Waals surface area contributed by atoms with Crippen molar-refractivity contribution in [1.29, 1.82) is 0 Å². The van der Waals surface area contributed by atoms with Crippen molar-refractivity contribution in [2.45, 2.75) is 6.54 Å². The fraction of sp³-hybridized carbons (Fsp3) is 0.125. The van der Waals surface area contributed by atoms with Gasteiger partial charge < -0.3 is 9.62 Å². The zero-order valence-corrected chi connectivity index (χ0v) is 6.70. The first-order valence-corrected chi connectivity index (χ1v) is 3.79. The van der Waals surface area contributed by atoms with Crippen LogP contribution in [0.5, 0.6) is 0 Å². The van der Waals surface area contributed by atoms with E-state index in [1.807, 2.05) is 5.48 Å². The van der Waals surface area contributed by atoms with Crippen LogP contribution in [-0.4, -0.2) is 10.2 Å². The monoisotopic (exact) mass is 180 g/mol. The van der Waals surface area contributed by atoms with Gasteiger partial charge in [0.1, 0.15) is 0 Å². The number of rotatable bonds is 2. The van der Waals surface area contributed by atoms with E-state index in [9.17, 15) is 4.79 Å². The van der Waals surface area contributed by atoms with Crippen molar-refractivity contribution in [2.75, 3.05) is 0 Å². The molecular weight excluding hydrogens is 172 g/mol. The average Bonchev–Trinajstić information content (AvgIpc) is 2.47. The standard InChI is InChI=1S/C8H8N2O3/c11-8-10-7-5(4-9-12)2-1-3-6(7)13-8/h1-3,9,12H,4H2,(H,10,11). The molecule has 1 aromatic heterocycles. The van der Waals surface area contributed by atoms with Gasteiger partial charge in [0.15, 0.2) is 5.58 Å². The lowest BCUT2D eigenvalue weighted by Crippen LogP contribution is -2.06. The van der Waals surface area contributed by atoms with Gasteiger partial charge in [-0.05, 0) is 11.6 Å². The molecule has 5 nitrogen and oxygen atoms in total. The molecule has 5 heteroatoms. The Bertz CT molecular complexity index is 471. The van der Waals surface area contributed by atoms with Crippen LogP contribution in [0.2, 0.25) is 0 Å². The molecule has 0 fully saturated rings. The number of H-pyrrole nitrogens is 1. The molecule has 0 aliphatic heterocycles. The van der Waals surface area contributed by atoms with Crippen LogP contribution in [0.4, 0.5) is 0 Å². The Kier molecular flexibility index (Phi) is 1.88. The second kappa shape index (κ2) is 3.04. The lowest BCUT2D eigenvalue weighted by atomic mass is 10.2. The SMILES string of the molecule is O=c1[nH]c2c(CNO)cccc2o1. The number of hydrogen-bond acceptors (Lipinski definition) is 4. The van der Waals surface area contributed by atoms with Crippen LogP contribution < -0.4 is 11.2 Å². The summed E-state index contributed by atoms with van der Waals surface area (Å²) < 4.78 is 4.83. The van der Waals surface area contributed by atoms with Gasteiger partial charge in [-0.3, -0.25) is 4.98 Å². The maximum Gasteiger partial charge on any atom is 0.417 e. The number of oxazole rings is 1. The largest absolute Gasteiger partial charge is 0.417 e. The normalized spacial score (nSPS) is 10.8. The highest BCUT2D eigenvalue weighted by Gasteiger charge is 2.04. The van der Waals surface area contributed by atoms with Crippen LogP contribution in [0, 0.1) is 0 Å². The summed E-state index contributed by atoms with van der Waals surface area (Å²) in [7, 11) is 0. The Balaban J connectivity index is 2.67. The summed E-state index contributed by atoms with van der Waals surface area (Å²) in [4.78, 5) is 13.4. The van der Waals surface area contributed by atoms with E-state index >= 15 is 0 Å². The summed E-state index contributed by atoms with van der Waals surface area (Å²) in [5, 5.41) is 8.51. The summed E-state index contributed by atoms with van der Waals surface area (Å²) in [6.07, 6.45) is 0. The van der Waals surface area contributed by atoms with E-state index in [1.165, 1.54) is 0 Å². The Hall–Kier alpha value is -1.59. The predicted octanol–water partition coefficient (Wildman–Crippen LogP) is 0.600. The minimum atomic E-state index is -0.486. The fourth-order valence-electron chi connectivity index (χ4n) is 1.26. The van der Waals surface area contributed by atoms with Gasteiger partial charge in [-0.2, -0.15) is 0 Å². The van der Waals surface area contributed by atoms with Gasteiger partial charge in [0, 0.05) is 6.54 Å². The number of nitrogens with one attached hydrogen (secondary N) is 2. The topological polar surface area (TPSA) is 78.3 Å². The zero-order chi connectivity index (χ0) is 9.26. The van der Waals surface area contributed by atoms with Crippen LogP contribution >= 0.6 is 0 Å². The van der Waals surface area contributed by atoms with Gasteiger partial charge in [0.25, 0.3) is 0 Å². The molecule has 0 saturated carbocycles. The number of hydrogen-bond donors (Lipinski definition) is 3. The molecule has 0 aliphatic carbocycles. The van der Waals surface area contributed by atoms with Crippen molar-refractivity contribution >= 4 is 11.1 Å². The Morgan fingerprint density at radius 1 is 1.54 bits per heavy atom. The molecule has 13 heavy (non-hydrogen) atoms. The Morgan fingerprint density at radius 2 is 2.38 bits per heavy atom. The highest BCUT2D eigenvalue weighted by molar-refractivity contribution is 5.75. The van der Waals surface area contributed by atoms with E-state index in [2.05, 4.69) is 4.98 Å². The quantitative estimate of drug-likeness (QED) is 0.591. The van der Waals surface area contributed by atoms with Gasteiger partial charge in [-0.15, -0.1) is 0 Å². The molecule has 0 atom stereocenters. The molecule has 2 aromatic rings. The third kappa shape index (κ3) is 1.34. The molecule has 1 aromatic carbocycles. The molecule has 2 rings (SSSR count). The van der Waals surface area contributed by atoms with E-state index in [0.29, 0.717) is 11.1 Å². The lowest BCUT2D eigenvalue weighted by Gasteiger charge is -1.98. The second-order valence-electron chi connectivity index (χ2n) is 2.64. The van der Waals surface area contributed by atoms with E-state index in [0.717, 1.165) is 5.56 Å². The van der Waals surface area contributed by atoms with Gasteiger partial charge in [0.05, 0.1) is 5.52 Å².